The van der Waals surface area contributed by atoms with E-state index in [1.807, 2.05) is 19.9 Å². The minimum absolute atomic E-state index is 0.133. The number of rotatable bonds is 3. The number of fused-ring (bicyclic) bond motifs is 2. The quantitative estimate of drug-likeness (QED) is 0.314. The van der Waals surface area contributed by atoms with E-state index in [1.54, 1.807) is 25.1 Å². The Kier molecular flexibility index (Phi) is 4.63. The summed E-state index contributed by atoms with van der Waals surface area (Å²) in [6, 6.07) is 6.42. The van der Waals surface area contributed by atoms with E-state index in [2.05, 4.69) is 0 Å². The average Bonchev–Trinajstić information content (AvgIpc) is 3.51. The Morgan fingerprint density at radius 3 is 2.53 bits per heavy atom. The summed E-state index contributed by atoms with van der Waals surface area (Å²) in [5, 5.41) is 21.7. The average molecular weight is 444 g/mol. The van der Waals surface area contributed by atoms with Crippen LogP contribution in [-0.4, -0.2) is 64.9 Å². The molecule has 2 aliphatic carbocycles. The molecule has 8 atom stereocenters. The van der Waals surface area contributed by atoms with Crippen molar-refractivity contribution in [3.63, 3.8) is 0 Å². The van der Waals surface area contributed by atoms with Crippen molar-refractivity contribution >= 4 is 11.9 Å². The predicted octanol–water partition coefficient (Wildman–Crippen LogP) is 1.77. The van der Waals surface area contributed by atoms with Crippen LogP contribution in [0.4, 0.5) is 0 Å². The van der Waals surface area contributed by atoms with Crippen LogP contribution < -0.4 is 4.74 Å². The second-order valence-corrected chi connectivity index (χ2v) is 9.81. The van der Waals surface area contributed by atoms with Crippen molar-refractivity contribution in [3.8, 4) is 5.75 Å². The summed E-state index contributed by atoms with van der Waals surface area (Å²) in [6.07, 6.45) is -1.38. The highest BCUT2D eigenvalue weighted by Crippen LogP contribution is 2.71. The minimum atomic E-state index is -1.05. The molecule has 172 valence electrons. The third-order valence-electron chi connectivity index (χ3n) is 8.28. The highest BCUT2D eigenvalue weighted by atomic mass is 16.7. The molecule has 3 fully saturated rings. The summed E-state index contributed by atoms with van der Waals surface area (Å²) >= 11 is 0. The number of esters is 2. The van der Waals surface area contributed by atoms with Crippen molar-refractivity contribution in [1.82, 2.24) is 0 Å². The van der Waals surface area contributed by atoms with E-state index in [4.69, 9.17) is 18.9 Å². The van der Waals surface area contributed by atoms with Crippen LogP contribution in [0.1, 0.15) is 44.5 Å². The molecule has 2 saturated heterocycles. The van der Waals surface area contributed by atoms with E-state index < -0.39 is 58.9 Å². The molecule has 4 aliphatic rings. The molecule has 8 nitrogen and oxygen atoms in total. The first-order chi connectivity index (χ1) is 15.0. The number of epoxide rings is 1. The number of carbonyl (C=O) groups excluding carboxylic acids is 2. The van der Waals surface area contributed by atoms with Crippen LogP contribution in [0.25, 0.3) is 0 Å². The monoisotopic (exact) mass is 444 g/mol. The zero-order chi connectivity index (χ0) is 23.1. The SMILES string of the molecule is CC(=O)Oc1ccccc1C(=O)O[C@@H]1C[C@]2(C)[C@@]3(C)[C@H](O)[C@H](O)C(C)=C[C@H]3O[C@H]1[C@@]21CO1. The second kappa shape index (κ2) is 6.87. The van der Waals surface area contributed by atoms with Crippen LogP contribution in [0.5, 0.6) is 5.75 Å². The third-order valence-corrected chi connectivity index (χ3v) is 8.28. The first kappa shape index (κ1) is 21.6. The molecule has 1 spiro atoms. The fourth-order valence-electron chi connectivity index (χ4n) is 6.15. The van der Waals surface area contributed by atoms with Crippen molar-refractivity contribution in [3.05, 3.63) is 41.5 Å². The summed E-state index contributed by atoms with van der Waals surface area (Å²) in [7, 11) is 0. The lowest BCUT2D eigenvalue weighted by atomic mass is 9.51. The van der Waals surface area contributed by atoms with Crippen LogP contribution in [0, 0.1) is 10.8 Å². The molecule has 32 heavy (non-hydrogen) atoms. The van der Waals surface area contributed by atoms with Crippen LogP contribution in [0.2, 0.25) is 0 Å². The molecule has 8 heteroatoms. The van der Waals surface area contributed by atoms with E-state index in [-0.39, 0.29) is 11.3 Å². The lowest BCUT2D eigenvalue weighted by molar-refractivity contribution is -0.242. The second-order valence-electron chi connectivity index (χ2n) is 9.81. The Hall–Kier alpha value is -2.26. The lowest BCUT2D eigenvalue weighted by Crippen LogP contribution is -2.68. The molecule has 2 heterocycles. The maximum Gasteiger partial charge on any atom is 0.342 e. The fourth-order valence-corrected chi connectivity index (χ4v) is 6.15. The summed E-state index contributed by atoms with van der Waals surface area (Å²) < 4.78 is 23.4. The van der Waals surface area contributed by atoms with Crippen LogP contribution >= 0.6 is 0 Å². The van der Waals surface area contributed by atoms with Crippen molar-refractivity contribution in [2.45, 2.75) is 70.2 Å². The third kappa shape index (κ3) is 2.64. The van der Waals surface area contributed by atoms with Crippen LogP contribution in [0.15, 0.2) is 35.9 Å². The van der Waals surface area contributed by atoms with Gasteiger partial charge < -0.3 is 29.2 Å². The van der Waals surface area contributed by atoms with E-state index in [0.29, 0.717) is 18.6 Å². The maximum absolute atomic E-state index is 13.1. The number of benzene rings is 1. The normalized spacial score (nSPS) is 43.9. The molecule has 1 saturated carbocycles. The molecule has 1 aromatic carbocycles. The summed E-state index contributed by atoms with van der Waals surface area (Å²) in [6.45, 7) is 7.40. The Labute approximate surface area is 186 Å². The first-order valence-electron chi connectivity index (χ1n) is 10.9. The van der Waals surface area contributed by atoms with E-state index in [9.17, 15) is 19.8 Å². The fraction of sp³-hybridized carbons (Fsp3) is 0.583. The molecule has 0 aromatic heterocycles. The van der Waals surface area contributed by atoms with Gasteiger partial charge in [0.2, 0.25) is 0 Å². The molecule has 0 amide bonds. The number of ether oxygens (including phenoxy) is 4. The van der Waals surface area contributed by atoms with Crippen molar-refractivity contribution < 1.29 is 38.7 Å². The molecular formula is C24H28O8. The highest BCUT2D eigenvalue weighted by Gasteiger charge is 2.82. The largest absolute Gasteiger partial charge is 0.456 e. The minimum Gasteiger partial charge on any atom is -0.456 e. The number of hydrogen-bond donors (Lipinski definition) is 2. The van der Waals surface area contributed by atoms with E-state index in [0.717, 1.165) is 0 Å². The van der Waals surface area contributed by atoms with Crippen molar-refractivity contribution in [2.24, 2.45) is 10.8 Å². The van der Waals surface area contributed by atoms with Gasteiger partial charge in [-0.25, -0.2) is 4.79 Å². The van der Waals surface area contributed by atoms with Gasteiger partial charge >= 0.3 is 11.9 Å². The Morgan fingerprint density at radius 2 is 1.88 bits per heavy atom. The van der Waals surface area contributed by atoms with Crippen LogP contribution in [0.3, 0.4) is 0 Å². The summed E-state index contributed by atoms with van der Waals surface area (Å²) in [4.78, 5) is 24.5. The zero-order valence-electron chi connectivity index (χ0n) is 18.5. The standard InChI is InChI=1S/C24H28O8/c1-12-9-17-23(4,19(27)18(12)26)22(3)10-16(20(32-17)24(22)11-29-24)31-21(28)14-7-5-6-8-15(14)30-13(2)25/h5-9,16-20,26-27H,10-11H2,1-4H3/t16-,17-,18-,19-,20-,22-,23-,24+/m1/s1. The zero-order valence-corrected chi connectivity index (χ0v) is 18.5. The smallest absolute Gasteiger partial charge is 0.342 e. The lowest BCUT2D eigenvalue weighted by Gasteiger charge is -2.58. The molecule has 5 rings (SSSR count). The topological polar surface area (TPSA) is 115 Å². The number of hydrogen-bond acceptors (Lipinski definition) is 8. The highest BCUT2D eigenvalue weighted by molar-refractivity contribution is 5.93. The van der Waals surface area contributed by atoms with Crippen LogP contribution in [-0.2, 0) is 19.0 Å². The molecular weight excluding hydrogens is 416 g/mol. The molecule has 0 radical (unpaired) electrons. The van der Waals surface area contributed by atoms with Gasteiger partial charge in [-0.3, -0.25) is 4.79 Å². The van der Waals surface area contributed by atoms with Crippen molar-refractivity contribution in [2.75, 3.05) is 6.61 Å². The Balaban J connectivity index is 1.48. The van der Waals surface area contributed by atoms with Gasteiger partial charge in [0.1, 0.15) is 35.2 Å². The van der Waals surface area contributed by atoms with Gasteiger partial charge in [0.15, 0.2) is 0 Å². The molecule has 2 aliphatic heterocycles. The number of para-hydroxylation sites is 1. The summed E-state index contributed by atoms with van der Waals surface area (Å²) in [5.41, 5.74) is -1.34. The Bertz CT molecular complexity index is 1010. The van der Waals surface area contributed by atoms with Gasteiger partial charge in [-0.2, -0.15) is 0 Å². The molecule has 2 N–H and O–H groups in total. The van der Waals surface area contributed by atoms with Gasteiger partial charge in [0, 0.05) is 17.8 Å². The predicted molar refractivity (Wildman–Crippen MR) is 111 cm³/mol. The number of aliphatic hydroxyl groups is 2. The first-order valence-corrected chi connectivity index (χ1v) is 10.9. The van der Waals surface area contributed by atoms with Gasteiger partial charge in [-0.15, -0.1) is 0 Å². The Morgan fingerprint density at radius 1 is 1.19 bits per heavy atom. The molecule has 2 bridgehead atoms. The van der Waals surface area contributed by atoms with E-state index >= 15 is 0 Å². The molecule has 1 aromatic rings. The number of aliphatic hydroxyl groups excluding tert-OH is 2. The van der Waals surface area contributed by atoms with Gasteiger partial charge in [-0.1, -0.05) is 32.1 Å². The maximum atomic E-state index is 13.1. The summed E-state index contributed by atoms with van der Waals surface area (Å²) in [5.74, 6) is -1.02. The van der Waals surface area contributed by atoms with Crippen molar-refractivity contribution in [1.29, 1.82) is 0 Å². The van der Waals surface area contributed by atoms with Gasteiger partial charge in [-0.05, 0) is 31.1 Å². The van der Waals surface area contributed by atoms with Gasteiger partial charge in [0.25, 0.3) is 0 Å². The van der Waals surface area contributed by atoms with Gasteiger partial charge in [0.05, 0.1) is 18.8 Å². The molecule has 0 unspecified atom stereocenters. The van der Waals surface area contributed by atoms with E-state index in [1.165, 1.54) is 13.0 Å². The number of carbonyl (C=O) groups is 2.